The van der Waals surface area contributed by atoms with Gasteiger partial charge in [0.25, 0.3) is 0 Å². The van der Waals surface area contributed by atoms with Gasteiger partial charge in [-0.15, -0.1) is 0 Å². The highest BCUT2D eigenvalue weighted by atomic mass is 16.2. The van der Waals surface area contributed by atoms with Crippen LogP contribution in [-0.4, -0.2) is 11.7 Å². The van der Waals surface area contributed by atoms with E-state index in [9.17, 15) is 0 Å². The Morgan fingerprint density at radius 1 is 0.722 bits per heavy atom. The summed E-state index contributed by atoms with van der Waals surface area (Å²) < 4.78 is 0. The molecule has 0 heterocycles. The molecule has 0 amide bonds. The molecule has 2 aromatic carbocycles. The van der Waals surface area contributed by atoms with Gasteiger partial charge < -0.3 is 5.11 Å². The summed E-state index contributed by atoms with van der Waals surface area (Å²) in [5.41, 5.74) is 2.64. The third kappa shape index (κ3) is 6.21. The number of rotatable bonds is 4. The SMILES string of the molecule is CCCc1ccccc1.OCCc1ccccc1. The molecule has 0 unspecified atom stereocenters. The molecule has 0 saturated carbocycles. The van der Waals surface area contributed by atoms with Gasteiger partial charge >= 0.3 is 0 Å². The van der Waals surface area contributed by atoms with Gasteiger partial charge in [0.15, 0.2) is 0 Å². The summed E-state index contributed by atoms with van der Waals surface area (Å²) in [7, 11) is 0. The summed E-state index contributed by atoms with van der Waals surface area (Å²) in [6.45, 7) is 2.44. The number of aryl methyl sites for hydroxylation is 1. The highest BCUT2D eigenvalue weighted by molar-refractivity contribution is 5.15. The van der Waals surface area contributed by atoms with Crippen molar-refractivity contribution in [1.82, 2.24) is 0 Å². The first-order valence-electron chi connectivity index (χ1n) is 6.55. The lowest BCUT2D eigenvalue weighted by molar-refractivity contribution is 0.299. The maximum atomic E-state index is 8.52. The van der Waals surface area contributed by atoms with Crippen LogP contribution in [0.15, 0.2) is 60.7 Å². The molecule has 2 aromatic rings. The van der Waals surface area contributed by atoms with Gasteiger partial charge in [0.2, 0.25) is 0 Å². The summed E-state index contributed by atoms with van der Waals surface area (Å²) in [4.78, 5) is 0. The topological polar surface area (TPSA) is 20.2 Å². The van der Waals surface area contributed by atoms with Crippen LogP contribution in [0.3, 0.4) is 0 Å². The maximum absolute atomic E-state index is 8.52. The van der Waals surface area contributed by atoms with Crippen LogP contribution in [0.25, 0.3) is 0 Å². The minimum absolute atomic E-state index is 0.240. The van der Waals surface area contributed by atoms with Crippen LogP contribution in [0, 0.1) is 0 Å². The first kappa shape index (κ1) is 14.5. The molecule has 0 fully saturated rings. The summed E-state index contributed by atoms with van der Waals surface area (Å²) >= 11 is 0. The Balaban J connectivity index is 0.000000180. The van der Waals surface area contributed by atoms with Crippen molar-refractivity contribution in [2.75, 3.05) is 6.61 Å². The molecule has 0 aliphatic carbocycles. The average molecular weight is 242 g/mol. The fraction of sp³-hybridized carbons (Fsp3) is 0.294. The van der Waals surface area contributed by atoms with Crippen molar-refractivity contribution in [3.05, 3.63) is 71.8 Å². The molecule has 1 N–H and O–H groups in total. The van der Waals surface area contributed by atoms with Crippen LogP contribution >= 0.6 is 0 Å². The van der Waals surface area contributed by atoms with Gasteiger partial charge in [-0.1, -0.05) is 74.0 Å². The van der Waals surface area contributed by atoms with Gasteiger partial charge in [-0.05, 0) is 24.0 Å². The standard InChI is InChI=1S/C9H12.C8H10O/c1-2-6-9-7-4-3-5-8-9;9-7-6-8-4-2-1-3-5-8/h3-5,7-8H,2,6H2,1H3;1-5,9H,6-7H2. The summed E-state index contributed by atoms with van der Waals surface area (Å²) in [5.74, 6) is 0. The summed E-state index contributed by atoms with van der Waals surface area (Å²) in [5, 5.41) is 8.52. The largest absolute Gasteiger partial charge is 0.396 e. The van der Waals surface area contributed by atoms with E-state index in [0.29, 0.717) is 0 Å². The van der Waals surface area contributed by atoms with Crippen LogP contribution in [-0.2, 0) is 12.8 Å². The van der Waals surface area contributed by atoms with E-state index in [0.717, 1.165) is 6.42 Å². The molecular formula is C17H22O. The number of hydrogen-bond acceptors (Lipinski definition) is 1. The lowest BCUT2D eigenvalue weighted by atomic mass is 10.1. The van der Waals surface area contributed by atoms with E-state index >= 15 is 0 Å². The molecule has 18 heavy (non-hydrogen) atoms. The normalized spacial score (nSPS) is 9.44. The lowest BCUT2D eigenvalue weighted by Gasteiger charge is -1.93. The Hall–Kier alpha value is -1.60. The Bertz CT molecular complexity index is 353. The van der Waals surface area contributed by atoms with E-state index in [1.165, 1.54) is 24.0 Å². The molecule has 1 heteroatoms. The molecule has 0 radical (unpaired) electrons. The van der Waals surface area contributed by atoms with Gasteiger partial charge in [0.1, 0.15) is 0 Å². The van der Waals surface area contributed by atoms with E-state index in [2.05, 4.69) is 37.3 Å². The number of aliphatic hydroxyl groups is 1. The van der Waals surface area contributed by atoms with Gasteiger partial charge in [0, 0.05) is 6.61 Å². The van der Waals surface area contributed by atoms with Gasteiger partial charge in [-0.25, -0.2) is 0 Å². The smallest absolute Gasteiger partial charge is 0.0471 e. The van der Waals surface area contributed by atoms with E-state index in [-0.39, 0.29) is 6.61 Å². The Morgan fingerprint density at radius 3 is 1.56 bits per heavy atom. The predicted molar refractivity (Wildman–Crippen MR) is 77.7 cm³/mol. The highest BCUT2D eigenvalue weighted by Gasteiger charge is 1.85. The van der Waals surface area contributed by atoms with Crippen molar-refractivity contribution in [2.45, 2.75) is 26.2 Å². The van der Waals surface area contributed by atoms with E-state index in [4.69, 9.17) is 5.11 Å². The molecule has 0 aliphatic rings. The molecule has 0 spiro atoms. The molecule has 1 nitrogen and oxygen atoms in total. The number of benzene rings is 2. The first-order valence-corrected chi connectivity index (χ1v) is 6.55. The quantitative estimate of drug-likeness (QED) is 0.863. The van der Waals surface area contributed by atoms with Crippen molar-refractivity contribution in [3.8, 4) is 0 Å². The molecule has 0 saturated heterocycles. The second-order valence-electron chi connectivity index (χ2n) is 4.19. The molecule has 0 aromatic heterocycles. The highest BCUT2D eigenvalue weighted by Crippen LogP contribution is 2.00. The molecule has 0 atom stereocenters. The molecule has 96 valence electrons. The molecule has 0 aliphatic heterocycles. The Labute approximate surface area is 110 Å². The van der Waals surface area contributed by atoms with Crippen molar-refractivity contribution in [2.24, 2.45) is 0 Å². The second kappa shape index (κ2) is 9.43. The van der Waals surface area contributed by atoms with Crippen molar-refractivity contribution < 1.29 is 5.11 Å². The van der Waals surface area contributed by atoms with E-state index in [1.54, 1.807) is 0 Å². The number of aliphatic hydroxyl groups excluding tert-OH is 1. The van der Waals surface area contributed by atoms with E-state index in [1.807, 2.05) is 30.3 Å². The third-order valence-corrected chi connectivity index (χ3v) is 2.62. The summed E-state index contributed by atoms with van der Waals surface area (Å²) in [6, 6.07) is 20.5. The minimum atomic E-state index is 0.240. The van der Waals surface area contributed by atoms with Crippen LogP contribution in [0.4, 0.5) is 0 Å². The molecular weight excluding hydrogens is 220 g/mol. The van der Waals surface area contributed by atoms with Crippen LogP contribution in [0.2, 0.25) is 0 Å². The van der Waals surface area contributed by atoms with Crippen LogP contribution < -0.4 is 0 Å². The van der Waals surface area contributed by atoms with Crippen molar-refractivity contribution in [3.63, 3.8) is 0 Å². The van der Waals surface area contributed by atoms with Crippen molar-refractivity contribution in [1.29, 1.82) is 0 Å². The fourth-order valence-electron chi connectivity index (χ4n) is 1.71. The zero-order chi connectivity index (χ0) is 13.1. The lowest BCUT2D eigenvalue weighted by Crippen LogP contribution is -1.88. The van der Waals surface area contributed by atoms with Gasteiger partial charge in [-0.2, -0.15) is 0 Å². The fourth-order valence-corrected chi connectivity index (χ4v) is 1.71. The monoisotopic (exact) mass is 242 g/mol. The Morgan fingerprint density at radius 2 is 1.17 bits per heavy atom. The summed E-state index contributed by atoms with van der Waals surface area (Å²) in [6.07, 6.45) is 3.21. The zero-order valence-electron chi connectivity index (χ0n) is 11.0. The van der Waals surface area contributed by atoms with Gasteiger partial charge in [-0.3, -0.25) is 0 Å². The second-order valence-corrected chi connectivity index (χ2v) is 4.19. The molecule has 0 bridgehead atoms. The Kier molecular flexibility index (Phi) is 7.58. The van der Waals surface area contributed by atoms with Crippen molar-refractivity contribution >= 4 is 0 Å². The predicted octanol–water partition coefficient (Wildman–Crippen LogP) is 3.86. The maximum Gasteiger partial charge on any atom is 0.0471 e. The minimum Gasteiger partial charge on any atom is -0.396 e. The average Bonchev–Trinajstić information content (AvgIpc) is 2.43. The zero-order valence-corrected chi connectivity index (χ0v) is 11.0. The number of hydrogen-bond donors (Lipinski definition) is 1. The first-order chi connectivity index (χ1) is 8.86. The third-order valence-electron chi connectivity index (χ3n) is 2.62. The van der Waals surface area contributed by atoms with Crippen LogP contribution in [0.1, 0.15) is 24.5 Å². The van der Waals surface area contributed by atoms with Gasteiger partial charge in [0.05, 0.1) is 0 Å². The van der Waals surface area contributed by atoms with Crippen LogP contribution in [0.5, 0.6) is 0 Å². The molecule has 2 rings (SSSR count). The van der Waals surface area contributed by atoms with E-state index < -0.39 is 0 Å².